The van der Waals surface area contributed by atoms with E-state index in [0.717, 1.165) is 19.3 Å². The number of carbonyl (C=O) groups is 1. The van der Waals surface area contributed by atoms with E-state index in [9.17, 15) is 4.79 Å². The van der Waals surface area contributed by atoms with E-state index in [1.165, 1.54) is 33.4 Å². The lowest BCUT2D eigenvalue weighted by Gasteiger charge is -2.38. The zero-order valence-electron chi connectivity index (χ0n) is 14.3. The van der Waals surface area contributed by atoms with Crippen LogP contribution in [0.2, 0.25) is 0 Å². The molecule has 0 aliphatic heterocycles. The van der Waals surface area contributed by atoms with Gasteiger partial charge in [0.2, 0.25) is 0 Å². The molecule has 0 radical (unpaired) electrons. The van der Waals surface area contributed by atoms with Crippen molar-refractivity contribution in [2.24, 2.45) is 11.7 Å². The van der Waals surface area contributed by atoms with Gasteiger partial charge < -0.3 is 11.1 Å². The summed E-state index contributed by atoms with van der Waals surface area (Å²) in [5.41, 5.74) is 14.0. The standard InChI is InChI=1S/C21H24N2O/c1-12-11-19-15(13(2)20(12)23-21(22)24)9-10-17-16-6-4-3-5-14(16)7-8-18(17)19/h3-6,9-10,12-13,20H,7-8,11H2,1-2H3,(H3,22,23,24). The molecule has 4 rings (SSSR count). The number of fused-ring (bicyclic) bond motifs is 5. The summed E-state index contributed by atoms with van der Waals surface area (Å²) in [6.07, 6.45) is 3.24. The maximum Gasteiger partial charge on any atom is 0.312 e. The van der Waals surface area contributed by atoms with E-state index in [2.05, 4.69) is 55.6 Å². The molecule has 0 bridgehead atoms. The maximum absolute atomic E-state index is 11.4. The van der Waals surface area contributed by atoms with Crippen LogP contribution in [0.25, 0.3) is 11.1 Å². The highest BCUT2D eigenvalue weighted by Gasteiger charge is 2.34. The Balaban J connectivity index is 1.81. The number of nitrogens with one attached hydrogen (secondary N) is 1. The number of hydrogen-bond acceptors (Lipinski definition) is 1. The normalized spacial score (nSPS) is 24.5. The number of carbonyl (C=O) groups excluding carboxylic acids is 1. The minimum absolute atomic E-state index is 0.115. The van der Waals surface area contributed by atoms with Crippen molar-refractivity contribution in [2.45, 2.75) is 45.1 Å². The van der Waals surface area contributed by atoms with Crippen LogP contribution in [0.4, 0.5) is 4.79 Å². The van der Waals surface area contributed by atoms with E-state index in [0.29, 0.717) is 11.8 Å². The molecule has 3 N–H and O–H groups in total. The van der Waals surface area contributed by atoms with Crippen molar-refractivity contribution in [3.05, 3.63) is 58.7 Å². The molecular weight excluding hydrogens is 296 g/mol. The molecular formula is C21H24N2O. The second-order valence-corrected chi connectivity index (χ2v) is 7.32. The van der Waals surface area contributed by atoms with E-state index in [4.69, 9.17) is 5.73 Å². The van der Waals surface area contributed by atoms with E-state index >= 15 is 0 Å². The molecule has 3 heteroatoms. The highest BCUT2D eigenvalue weighted by molar-refractivity contribution is 5.76. The van der Waals surface area contributed by atoms with Crippen LogP contribution in [-0.4, -0.2) is 12.1 Å². The monoisotopic (exact) mass is 320 g/mol. The fourth-order valence-corrected chi connectivity index (χ4v) is 4.74. The SMILES string of the molecule is CC1Cc2c(ccc3c2CCc2ccccc2-3)C(C)C1NC(N)=O. The average molecular weight is 320 g/mol. The van der Waals surface area contributed by atoms with Crippen molar-refractivity contribution in [1.29, 1.82) is 0 Å². The second-order valence-electron chi connectivity index (χ2n) is 7.32. The van der Waals surface area contributed by atoms with E-state index in [1.807, 2.05) is 0 Å². The quantitative estimate of drug-likeness (QED) is 0.825. The predicted molar refractivity (Wildman–Crippen MR) is 97.1 cm³/mol. The lowest BCUT2D eigenvalue weighted by atomic mass is 9.70. The predicted octanol–water partition coefficient (Wildman–Crippen LogP) is 3.78. The zero-order chi connectivity index (χ0) is 16.8. The highest BCUT2D eigenvalue weighted by atomic mass is 16.2. The molecule has 0 aromatic heterocycles. The van der Waals surface area contributed by atoms with Crippen molar-refractivity contribution < 1.29 is 4.79 Å². The summed E-state index contributed by atoms with van der Waals surface area (Å²) in [5.74, 6) is 0.683. The molecule has 2 amide bonds. The number of primary amides is 1. The van der Waals surface area contributed by atoms with E-state index in [-0.39, 0.29) is 6.04 Å². The van der Waals surface area contributed by atoms with Gasteiger partial charge in [0.25, 0.3) is 0 Å². The van der Waals surface area contributed by atoms with Crippen LogP contribution >= 0.6 is 0 Å². The van der Waals surface area contributed by atoms with Gasteiger partial charge in [-0.2, -0.15) is 0 Å². The molecule has 0 saturated heterocycles. The van der Waals surface area contributed by atoms with Crippen LogP contribution in [0.3, 0.4) is 0 Å². The molecule has 3 nitrogen and oxygen atoms in total. The Morgan fingerprint density at radius 2 is 1.83 bits per heavy atom. The van der Waals surface area contributed by atoms with Gasteiger partial charge in [0.15, 0.2) is 0 Å². The Bertz CT molecular complexity index is 811. The summed E-state index contributed by atoms with van der Waals surface area (Å²) in [7, 11) is 0. The molecule has 2 aliphatic rings. The summed E-state index contributed by atoms with van der Waals surface area (Å²) in [4.78, 5) is 11.4. The first-order valence-corrected chi connectivity index (χ1v) is 8.85. The molecule has 2 aliphatic carbocycles. The van der Waals surface area contributed by atoms with Gasteiger partial charge in [-0.25, -0.2) is 4.79 Å². The van der Waals surface area contributed by atoms with Gasteiger partial charge in [0.1, 0.15) is 0 Å². The number of urea groups is 1. The topological polar surface area (TPSA) is 55.1 Å². The molecule has 124 valence electrons. The maximum atomic E-state index is 11.4. The summed E-state index contributed by atoms with van der Waals surface area (Å²) >= 11 is 0. The fraction of sp³-hybridized carbons (Fsp3) is 0.381. The lowest BCUT2D eigenvalue weighted by Crippen LogP contribution is -2.48. The smallest absolute Gasteiger partial charge is 0.312 e. The Kier molecular flexibility index (Phi) is 3.60. The molecule has 2 aromatic carbocycles. The van der Waals surface area contributed by atoms with Gasteiger partial charge in [0, 0.05) is 12.0 Å². The minimum atomic E-state index is -0.422. The van der Waals surface area contributed by atoms with Crippen LogP contribution in [0, 0.1) is 5.92 Å². The van der Waals surface area contributed by atoms with Crippen molar-refractivity contribution >= 4 is 6.03 Å². The molecule has 3 unspecified atom stereocenters. The molecule has 0 heterocycles. The van der Waals surface area contributed by atoms with Gasteiger partial charge in [0.05, 0.1) is 0 Å². The van der Waals surface area contributed by atoms with Crippen LogP contribution < -0.4 is 11.1 Å². The first-order chi connectivity index (χ1) is 11.6. The van der Waals surface area contributed by atoms with Gasteiger partial charge in [-0.3, -0.25) is 0 Å². The largest absolute Gasteiger partial charge is 0.352 e. The first kappa shape index (κ1) is 15.3. The third-order valence-corrected chi connectivity index (χ3v) is 5.90. The van der Waals surface area contributed by atoms with Crippen LogP contribution in [0.5, 0.6) is 0 Å². The fourth-order valence-electron chi connectivity index (χ4n) is 4.74. The number of amides is 2. The zero-order valence-corrected chi connectivity index (χ0v) is 14.3. The van der Waals surface area contributed by atoms with Gasteiger partial charge in [-0.05, 0) is 58.6 Å². The molecule has 24 heavy (non-hydrogen) atoms. The van der Waals surface area contributed by atoms with E-state index in [1.54, 1.807) is 0 Å². The van der Waals surface area contributed by atoms with Crippen molar-refractivity contribution in [2.75, 3.05) is 0 Å². The van der Waals surface area contributed by atoms with Gasteiger partial charge in [-0.1, -0.05) is 50.2 Å². The van der Waals surface area contributed by atoms with E-state index < -0.39 is 6.03 Å². The number of nitrogens with two attached hydrogens (primary N) is 1. The molecule has 3 atom stereocenters. The summed E-state index contributed by atoms with van der Waals surface area (Å²) in [6.45, 7) is 4.43. The van der Waals surface area contributed by atoms with Crippen molar-refractivity contribution in [3.63, 3.8) is 0 Å². The summed E-state index contributed by atoms with van der Waals surface area (Å²) in [6, 6.07) is 13.0. The van der Waals surface area contributed by atoms with Gasteiger partial charge in [-0.15, -0.1) is 0 Å². The first-order valence-electron chi connectivity index (χ1n) is 8.85. The van der Waals surface area contributed by atoms with Crippen molar-refractivity contribution in [3.8, 4) is 11.1 Å². The summed E-state index contributed by atoms with van der Waals surface area (Å²) < 4.78 is 0. The number of hydrogen-bond donors (Lipinski definition) is 2. The molecule has 2 aromatic rings. The summed E-state index contributed by atoms with van der Waals surface area (Å²) in [5, 5.41) is 2.96. The highest BCUT2D eigenvalue weighted by Crippen LogP contribution is 2.42. The average Bonchev–Trinajstić information content (AvgIpc) is 2.58. The van der Waals surface area contributed by atoms with Crippen LogP contribution in [0.1, 0.15) is 42.0 Å². The third-order valence-electron chi connectivity index (χ3n) is 5.90. The minimum Gasteiger partial charge on any atom is -0.352 e. The number of aryl methyl sites for hydroxylation is 1. The molecule has 0 fully saturated rings. The number of rotatable bonds is 1. The Morgan fingerprint density at radius 1 is 1.04 bits per heavy atom. The molecule has 0 saturated carbocycles. The number of benzene rings is 2. The Hall–Kier alpha value is -2.29. The third kappa shape index (κ3) is 2.31. The van der Waals surface area contributed by atoms with Crippen LogP contribution in [0.15, 0.2) is 36.4 Å². The van der Waals surface area contributed by atoms with Crippen molar-refractivity contribution in [1.82, 2.24) is 5.32 Å². The molecule has 0 spiro atoms. The Labute approximate surface area is 143 Å². The Morgan fingerprint density at radius 3 is 2.62 bits per heavy atom. The lowest BCUT2D eigenvalue weighted by molar-refractivity contribution is 0.233. The van der Waals surface area contributed by atoms with Gasteiger partial charge >= 0.3 is 6.03 Å². The second kappa shape index (κ2) is 5.66. The van der Waals surface area contributed by atoms with Crippen LogP contribution in [-0.2, 0) is 19.3 Å².